The highest BCUT2D eigenvalue weighted by atomic mass is 79.9. The number of benzene rings is 2. The molecule has 0 aliphatic rings. The number of amides is 1. The quantitative estimate of drug-likeness (QED) is 0.624. The molecule has 1 amide bonds. The Morgan fingerprint density at radius 1 is 1.20 bits per heavy atom. The first-order chi connectivity index (χ1) is 11.6. The highest BCUT2D eigenvalue weighted by molar-refractivity contribution is 9.10. The third-order valence-corrected chi connectivity index (χ3v) is 4.00. The minimum atomic E-state index is -0.803. The van der Waals surface area contributed by atoms with Gasteiger partial charge >= 0.3 is 0 Å². The van der Waals surface area contributed by atoms with Crippen molar-refractivity contribution in [1.82, 2.24) is 10.6 Å². The monoisotopic (exact) mass is 430 g/mol. The van der Waals surface area contributed by atoms with E-state index in [-0.39, 0.29) is 24.1 Å². The summed E-state index contributed by atoms with van der Waals surface area (Å²) < 4.78 is 19.6. The first-order valence-electron chi connectivity index (χ1n) is 7.71. The fraction of sp³-hybridized carbons (Fsp3) is 0.278. The highest BCUT2D eigenvalue weighted by Crippen LogP contribution is 2.30. The highest BCUT2D eigenvalue weighted by Gasteiger charge is 2.23. The molecule has 0 radical (unpaired) electrons. The lowest BCUT2D eigenvalue weighted by atomic mass is 10.1. The van der Waals surface area contributed by atoms with Crippen molar-refractivity contribution < 1.29 is 13.9 Å². The smallest absolute Gasteiger partial charge is 0.265 e. The summed E-state index contributed by atoms with van der Waals surface area (Å²) in [5.41, 5.74) is 0.736. The van der Waals surface area contributed by atoms with E-state index < -0.39 is 6.10 Å². The molecule has 1 atom stereocenters. The van der Waals surface area contributed by atoms with Crippen molar-refractivity contribution in [2.24, 2.45) is 0 Å². The van der Waals surface area contributed by atoms with E-state index in [2.05, 4.69) is 26.6 Å². The van der Waals surface area contributed by atoms with Crippen LogP contribution >= 0.6 is 28.3 Å². The van der Waals surface area contributed by atoms with Crippen LogP contribution in [0.25, 0.3) is 0 Å². The third kappa shape index (κ3) is 6.65. The molecule has 7 heteroatoms. The zero-order chi connectivity index (χ0) is 17.4. The van der Waals surface area contributed by atoms with E-state index in [0.29, 0.717) is 16.8 Å². The lowest BCUT2D eigenvalue weighted by Crippen LogP contribution is -2.34. The average Bonchev–Trinajstić information content (AvgIpc) is 2.58. The van der Waals surface area contributed by atoms with Crippen molar-refractivity contribution in [3.05, 3.63) is 64.4 Å². The number of nitrogens with one attached hydrogen (secondary N) is 2. The molecular weight excluding hydrogens is 411 g/mol. The molecule has 0 saturated heterocycles. The van der Waals surface area contributed by atoms with Crippen molar-refractivity contribution in [3.8, 4) is 5.75 Å². The molecule has 25 heavy (non-hydrogen) atoms. The molecule has 0 spiro atoms. The van der Waals surface area contributed by atoms with Crippen LogP contribution in [0.5, 0.6) is 5.75 Å². The van der Waals surface area contributed by atoms with Gasteiger partial charge in [0, 0.05) is 12.1 Å². The van der Waals surface area contributed by atoms with Crippen molar-refractivity contribution in [2.75, 3.05) is 20.1 Å². The van der Waals surface area contributed by atoms with Gasteiger partial charge in [-0.2, -0.15) is 0 Å². The summed E-state index contributed by atoms with van der Waals surface area (Å²) >= 11 is 3.27. The number of hydrogen-bond acceptors (Lipinski definition) is 3. The summed E-state index contributed by atoms with van der Waals surface area (Å²) in [6, 6.07) is 13.3. The van der Waals surface area contributed by atoms with Crippen LogP contribution in [0.15, 0.2) is 53.0 Å². The molecule has 2 aromatic rings. The Morgan fingerprint density at radius 3 is 2.56 bits per heavy atom. The number of ether oxygens (including phenoxy) is 1. The maximum atomic E-state index is 13.2. The van der Waals surface area contributed by atoms with Crippen LogP contribution in [0, 0.1) is 5.82 Å². The molecule has 2 aromatic carbocycles. The van der Waals surface area contributed by atoms with Gasteiger partial charge in [-0.05, 0) is 54.1 Å². The van der Waals surface area contributed by atoms with Crippen LogP contribution < -0.4 is 15.4 Å². The van der Waals surface area contributed by atoms with Gasteiger partial charge in [-0.1, -0.05) is 30.3 Å². The number of halogens is 3. The largest absolute Gasteiger partial charge is 0.475 e. The number of carbonyl (C=O) groups excluding carboxylic acids is 1. The third-order valence-electron chi connectivity index (χ3n) is 3.38. The predicted molar refractivity (Wildman–Crippen MR) is 103 cm³/mol. The maximum Gasteiger partial charge on any atom is 0.265 e. The van der Waals surface area contributed by atoms with Crippen molar-refractivity contribution >= 4 is 34.2 Å². The zero-order valence-electron chi connectivity index (χ0n) is 13.8. The van der Waals surface area contributed by atoms with Crippen LogP contribution in [-0.4, -0.2) is 26.0 Å². The van der Waals surface area contributed by atoms with E-state index in [9.17, 15) is 9.18 Å². The van der Waals surface area contributed by atoms with Gasteiger partial charge in [-0.25, -0.2) is 4.39 Å². The van der Waals surface area contributed by atoms with Crippen LogP contribution in [0.1, 0.15) is 18.1 Å². The molecule has 4 nitrogen and oxygen atoms in total. The van der Waals surface area contributed by atoms with Gasteiger partial charge in [-0.3, -0.25) is 4.79 Å². The summed E-state index contributed by atoms with van der Waals surface area (Å²) in [6.07, 6.45) is 0.0202. The topological polar surface area (TPSA) is 50.4 Å². The van der Waals surface area contributed by atoms with Gasteiger partial charge in [0.2, 0.25) is 6.10 Å². The normalized spacial score (nSPS) is 11.3. The summed E-state index contributed by atoms with van der Waals surface area (Å²) in [5.74, 6) is -0.189. The SMILES string of the molecule is CNCCCNC(=O)C(Oc1ccc(F)cc1Br)c1ccccc1.Cl. The van der Waals surface area contributed by atoms with Gasteiger partial charge in [0.05, 0.1) is 4.47 Å². The van der Waals surface area contributed by atoms with Gasteiger partial charge in [0.15, 0.2) is 0 Å². The Balaban J connectivity index is 0.00000312. The van der Waals surface area contributed by atoms with E-state index in [1.807, 2.05) is 37.4 Å². The Hall–Kier alpha value is -1.63. The van der Waals surface area contributed by atoms with Gasteiger partial charge in [0.1, 0.15) is 11.6 Å². The predicted octanol–water partition coefficient (Wildman–Crippen LogP) is 3.86. The summed E-state index contributed by atoms with van der Waals surface area (Å²) in [7, 11) is 1.86. The van der Waals surface area contributed by atoms with Crippen molar-refractivity contribution in [2.45, 2.75) is 12.5 Å². The lowest BCUT2D eigenvalue weighted by Gasteiger charge is -2.20. The van der Waals surface area contributed by atoms with Crippen LogP contribution in [0.3, 0.4) is 0 Å². The van der Waals surface area contributed by atoms with Gasteiger partial charge in [0.25, 0.3) is 5.91 Å². The molecule has 0 saturated carbocycles. The number of rotatable bonds is 8. The fourth-order valence-corrected chi connectivity index (χ4v) is 2.61. The standard InChI is InChI=1S/C18H20BrFN2O2.ClH/c1-21-10-5-11-22-18(23)17(13-6-3-2-4-7-13)24-16-9-8-14(20)12-15(16)19;/h2-4,6-9,12,17,21H,5,10-11H2,1H3,(H,22,23);1H. The number of carbonyl (C=O) groups is 1. The maximum absolute atomic E-state index is 13.2. The second-order valence-corrected chi connectivity index (χ2v) is 6.09. The fourth-order valence-electron chi connectivity index (χ4n) is 2.17. The molecule has 0 aromatic heterocycles. The number of hydrogen-bond donors (Lipinski definition) is 2. The average molecular weight is 432 g/mol. The molecular formula is C18H21BrClFN2O2. The van der Waals surface area contributed by atoms with E-state index in [4.69, 9.17) is 4.74 Å². The first kappa shape index (κ1) is 21.4. The molecule has 1 unspecified atom stereocenters. The molecule has 0 bridgehead atoms. The van der Waals surface area contributed by atoms with E-state index in [1.165, 1.54) is 18.2 Å². The van der Waals surface area contributed by atoms with E-state index >= 15 is 0 Å². The molecule has 2 N–H and O–H groups in total. The second kappa shape index (κ2) is 11.1. The summed E-state index contributed by atoms with van der Waals surface area (Å²) in [5, 5.41) is 5.90. The van der Waals surface area contributed by atoms with Crippen LogP contribution in [0.4, 0.5) is 4.39 Å². The Bertz CT molecular complexity index is 673. The Kier molecular flexibility index (Phi) is 9.49. The zero-order valence-corrected chi connectivity index (χ0v) is 16.2. The van der Waals surface area contributed by atoms with Crippen molar-refractivity contribution in [3.63, 3.8) is 0 Å². The van der Waals surface area contributed by atoms with Gasteiger partial charge in [-0.15, -0.1) is 12.4 Å². The van der Waals surface area contributed by atoms with Gasteiger partial charge < -0.3 is 15.4 Å². The summed E-state index contributed by atoms with van der Waals surface area (Å²) in [6.45, 7) is 1.37. The lowest BCUT2D eigenvalue weighted by molar-refractivity contribution is -0.128. The minimum absolute atomic E-state index is 0. The molecule has 0 aliphatic carbocycles. The minimum Gasteiger partial charge on any atom is -0.475 e. The molecule has 0 fully saturated rings. The molecule has 136 valence electrons. The Labute approximate surface area is 161 Å². The van der Waals surface area contributed by atoms with Crippen LogP contribution in [-0.2, 0) is 4.79 Å². The van der Waals surface area contributed by atoms with Crippen molar-refractivity contribution in [1.29, 1.82) is 0 Å². The van der Waals surface area contributed by atoms with E-state index in [0.717, 1.165) is 18.5 Å². The van der Waals surface area contributed by atoms with E-state index in [1.54, 1.807) is 0 Å². The second-order valence-electron chi connectivity index (χ2n) is 5.23. The Morgan fingerprint density at radius 2 is 1.92 bits per heavy atom. The first-order valence-corrected chi connectivity index (χ1v) is 8.50. The van der Waals surface area contributed by atoms with Crippen LogP contribution in [0.2, 0.25) is 0 Å². The molecule has 2 rings (SSSR count). The molecule has 0 heterocycles. The molecule has 0 aliphatic heterocycles. The summed E-state index contributed by atoms with van der Waals surface area (Å²) in [4.78, 5) is 12.5.